The van der Waals surface area contributed by atoms with Gasteiger partial charge in [0.25, 0.3) is 0 Å². The molecule has 0 saturated heterocycles. The van der Waals surface area contributed by atoms with Crippen LogP contribution in [-0.4, -0.2) is 15.1 Å². The van der Waals surface area contributed by atoms with Gasteiger partial charge in [-0.1, -0.05) is 30.3 Å². The molecule has 0 aliphatic carbocycles. The Kier molecular flexibility index (Phi) is 2.38. The third-order valence-corrected chi connectivity index (χ3v) is 2.93. The van der Waals surface area contributed by atoms with Gasteiger partial charge in [0.2, 0.25) is 0 Å². The van der Waals surface area contributed by atoms with E-state index in [0.29, 0.717) is 0 Å². The fourth-order valence-electron chi connectivity index (χ4n) is 2.04. The number of aliphatic hydroxyl groups is 1. The Morgan fingerprint density at radius 1 is 1.12 bits per heavy atom. The Morgan fingerprint density at radius 3 is 2.76 bits per heavy atom. The molecule has 0 fully saturated rings. The number of hydrogen-bond acceptors (Lipinski definition) is 2. The summed E-state index contributed by atoms with van der Waals surface area (Å²) in [4.78, 5) is 7.16. The molecule has 0 unspecified atom stereocenters. The predicted molar refractivity (Wildman–Crippen MR) is 66.6 cm³/mol. The van der Waals surface area contributed by atoms with Gasteiger partial charge in [0.05, 0.1) is 11.7 Å². The predicted octanol–water partition coefficient (Wildman–Crippen LogP) is 2.64. The number of fused-ring (bicyclic) bond motifs is 1. The van der Waals surface area contributed by atoms with Gasteiger partial charge in [0.15, 0.2) is 0 Å². The first-order valence-electron chi connectivity index (χ1n) is 5.50. The van der Waals surface area contributed by atoms with Gasteiger partial charge in [-0.3, -0.25) is 4.98 Å². The molecule has 0 radical (unpaired) electrons. The van der Waals surface area contributed by atoms with Crippen molar-refractivity contribution in [2.24, 2.45) is 0 Å². The minimum Gasteiger partial charge on any atom is -0.384 e. The zero-order chi connectivity index (χ0) is 11.7. The summed E-state index contributed by atoms with van der Waals surface area (Å²) in [6, 6.07) is 11.5. The number of aliphatic hydroxyl groups excluding tert-OH is 1. The molecule has 1 aromatic carbocycles. The summed E-state index contributed by atoms with van der Waals surface area (Å²) in [5, 5.41) is 11.3. The summed E-state index contributed by atoms with van der Waals surface area (Å²) in [7, 11) is 0. The van der Waals surface area contributed by atoms with Gasteiger partial charge >= 0.3 is 0 Å². The molecule has 0 saturated carbocycles. The van der Waals surface area contributed by atoms with Crippen molar-refractivity contribution < 1.29 is 5.11 Å². The van der Waals surface area contributed by atoms with Crippen molar-refractivity contribution in [3.63, 3.8) is 0 Å². The minimum atomic E-state index is -0.604. The van der Waals surface area contributed by atoms with Gasteiger partial charge in [-0.25, -0.2) is 0 Å². The standard InChI is InChI=1S/C14H12N2O/c17-14(10-4-2-1-3-5-10)12-8-16-13-9-15-7-6-11(12)13/h1-9,14,16-17H/t14-/m0/s1. The Morgan fingerprint density at radius 2 is 1.94 bits per heavy atom. The Hall–Kier alpha value is -2.13. The van der Waals surface area contributed by atoms with Gasteiger partial charge in [-0.15, -0.1) is 0 Å². The molecule has 3 rings (SSSR count). The van der Waals surface area contributed by atoms with Crippen LogP contribution in [0.15, 0.2) is 55.0 Å². The van der Waals surface area contributed by atoms with Crippen LogP contribution >= 0.6 is 0 Å². The van der Waals surface area contributed by atoms with Crippen molar-refractivity contribution in [1.29, 1.82) is 0 Å². The lowest BCUT2D eigenvalue weighted by molar-refractivity contribution is 0.222. The van der Waals surface area contributed by atoms with Crippen LogP contribution in [0, 0.1) is 0 Å². The molecule has 0 aliphatic heterocycles. The Bertz CT molecular complexity index is 631. The van der Waals surface area contributed by atoms with E-state index >= 15 is 0 Å². The van der Waals surface area contributed by atoms with E-state index in [4.69, 9.17) is 0 Å². The normalized spacial score (nSPS) is 12.8. The van der Waals surface area contributed by atoms with E-state index in [-0.39, 0.29) is 0 Å². The van der Waals surface area contributed by atoms with Crippen LogP contribution in [-0.2, 0) is 0 Å². The topological polar surface area (TPSA) is 48.9 Å². The molecule has 2 N–H and O–H groups in total. The number of pyridine rings is 1. The molecular formula is C14H12N2O. The van der Waals surface area contributed by atoms with E-state index < -0.39 is 6.10 Å². The number of hydrogen-bond donors (Lipinski definition) is 2. The van der Waals surface area contributed by atoms with Crippen LogP contribution in [0.2, 0.25) is 0 Å². The lowest BCUT2D eigenvalue weighted by Gasteiger charge is -2.09. The molecule has 3 heteroatoms. The van der Waals surface area contributed by atoms with Crippen molar-refractivity contribution in [2.45, 2.75) is 6.10 Å². The third-order valence-electron chi connectivity index (χ3n) is 2.93. The Labute approximate surface area is 98.8 Å². The van der Waals surface area contributed by atoms with E-state index in [1.807, 2.05) is 42.6 Å². The second kappa shape index (κ2) is 4.03. The average molecular weight is 224 g/mol. The highest BCUT2D eigenvalue weighted by Crippen LogP contribution is 2.27. The number of H-pyrrole nitrogens is 1. The first kappa shape index (κ1) is 10.1. The number of aromatic amines is 1. The monoisotopic (exact) mass is 224 g/mol. The van der Waals surface area contributed by atoms with Crippen LogP contribution in [0.1, 0.15) is 17.2 Å². The number of nitrogens with one attached hydrogen (secondary N) is 1. The highest BCUT2D eigenvalue weighted by atomic mass is 16.3. The molecule has 1 atom stereocenters. The summed E-state index contributed by atoms with van der Waals surface area (Å²) in [6.45, 7) is 0. The zero-order valence-corrected chi connectivity index (χ0v) is 9.17. The van der Waals surface area contributed by atoms with Gasteiger partial charge in [-0.05, 0) is 11.6 Å². The number of benzene rings is 1. The maximum Gasteiger partial charge on any atom is 0.106 e. The third kappa shape index (κ3) is 1.70. The smallest absolute Gasteiger partial charge is 0.106 e. The molecular weight excluding hydrogens is 212 g/mol. The molecule has 0 bridgehead atoms. The fraction of sp³-hybridized carbons (Fsp3) is 0.0714. The van der Waals surface area contributed by atoms with E-state index in [0.717, 1.165) is 22.0 Å². The second-order valence-corrected chi connectivity index (χ2v) is 3.98. The molecule has 17 heavy (non-hydrogen) atoms. The summed E-state index contributed by atoms with van der Waals surface area (Å²) < 4.78 is 0. The lowest BCUT2D eigenvalue weighted by Crippen LogP contribution is -1.97. The highest BCUT2D eigenvalue weighted by Gasteiger charge is 2.14. The molecule has 2 heterocycles. The summed E-state index contributed by atoms with van der Waals surface area (Å²) >= 11 is 0. The molecule has 84 valence electrons. The maximum absolute atomic E-state index is 10.3. The van der Waals surface area contributed by atoms with Gasteiger partial charge in [0.1, 0.15) is 6.10 Å². The average Bonchev–Trinajstić information content (AvgIpc) is 2.83. The molecule has 0 spiro atoms. The molecule has 2 aromatic heterocycles. The molecule has 0 amide bonds. The van der Waals surface area contributed by atoms with E-state index in [2.05, 4.69) is 9.97 Å². The quantitative estimate of drug-likeness (QED) is 0.703. The highest BCUT2D eigenvalue weighted by molar-refractivity contribution is 5.82. The van der Waals surface area contributed by atoms with Crippen molar-refractivity contribution in [2.75, 3.05) is 0 Å². The lowest BCUT2D eigenvalue weighted by atomic mass is 10.0. The molecule has 3 nitrogen and oxygen atoms in total. The van der Waals surface area contributed by atoms with Crippen molar-refractivity contribution in [3.8, 4) is 0 Å². The molecule has 0 aliphatic rings. The first-order valence-corrected chi connectivity index (χ1v) is 5.50. The SMILES string of the molecule is O[C@@H](c1ccccc1)c1c[nH]c2cnccc12. The summed E-state index contributed by atoms with van der Waals surface area (Å²) in [6.07, 6.45) is 4.73. The number of rotatable bonds is 2. The zero-order valence-electron chi connectivity index (χ0n) is 9.17. The number of nitrogens with zero attached hydrogens (tertiary/aromatic N) is 1. The fourth-order valence-corrected chi connectivity index (χ4v) is 2.04. The van der Waals surface area contributed by atoms with Crippen molar-refractivity contribution >= 4 is 10.9 Å². The largest absolute Gasteiger partial charge is 0.384 e. The van der Waals surface area contributed by atoms with E-state index in [9.17, 15) is 5.11 Å². The van der Waals surface area contributed by atoms with Crippen LogP contribution in [0.3, 0.4) is 0 Å². The first-order chi connectivity index (χ1) is 8.36. The van der Waals surface area contributed by atoms with Crippen LogP contribution in [0.25, 0.3) is 10.9 Å². The minimum absolute atomic E-state index is 0.604. The van der Waals surface area contributed by atoms with E-state index in [1.54, 1.807) is 12.4 Å². The van der Waals surface area contributed by atoms with Gasteiger partial charge < -0.3 is 10.1 Å². The Balaban J connectivity index is 2.10. The second-order valence-electron chi connectivity index (χ2n) is 3.98. The molecule has 3 aromatic rings. The van der Waals surface area contributed by atoms with Crippen LogP contribution in [0.4, 0.5) is 0 Å². The van der Waals surface area contributed by atoms with Crippen molar-refractivity contribution in [1.82, 2.24) is 9.97 Å². The van der Waals surface area contributed by atoms with Gasteiger partial charge in [-0.2, -0.15) is 0 Å². The van der Waals surface area contributed by atoms with Crippen LogP contribution < -0.4 is 0 Å². The van der Waals surface area contributed by atoms with Crippen LogP contribution in [0.5, 0.6) is 0 Å². The maximum atomic E-state index is 10.3. The summed E-state index contributed by atoms with van der Waals surface area (Å²) in [5.41, 5.74) is 2.72. The van der Waals surface area contributed by atoms with Crippen molar-refractivity contribution in [3.05, 3.63) is 66.1 Å². The summed E-state index contributed by atoms with van der Waals surface area (Å²) in [5.74, 6) is 0. The van der Waals surface area contributed by atoms with E-state index in [1.165, 1.54) is 0 Å². The van der Waals surface area contributed by atoms with Gasteiger partial charge in [0, 0.05) is 23.3 Å². The number of aromatic nitrogens is 2.